The SMILES string of the molecule is Nc1ncc(-c2ccccc2)cc1-c1nn(CC(F)(F)F)cc1-c1cccc(Cl)c1Cl. The van der Waals surface area contributed by atoms with E-state index in [0.29, 0.717) is 16.7 Å². The van der Waals surface area contributed by atoms with Crippen LogP contribution in [0, 0.1) is 0 Å². The van der Waals surface area contributed by atoms with Gasteiger partial charge in [0.2, 0.25) is 0 Å². The number of rotatable bonds is 4. The molecule has 4 nitrogen and oxygen atoms in total. The van der Waals surface area contributed by atoms with Crippen molar-refractivity contribution < 1.29 is 13.2 Å². The van der Waals surface area contributed by atoms with E-state index in [1.807, 2.05) is 30.3 Å². The summed E-state index contributed by atoms with van der Waals surface area (Å²) in [5.41, 5.74) is 9.19. The van der Waals surface area contributed by atoms with Gasteiger partial charge in [0, 0.05) is 34.6 Å². The minimum atomic E-state index is -4.45. The van der Waals surface area contributed by atoms with Crippen molar-refractivity contribution in [3.63, 3.8) is 0 Å². The molecule has 0 aliphatic heterocycles. The number of pyridine rings is 1. The molecule has 0 unspecified atom stereocenters. The molecule has 4 rings (SSSR count). The number of alkyl halides is 3. The second-order valence-corrected chi connectivity index (χ2v) is 7.61. The molecule has 0 aliphatic carbocycles. The van der Waals surface area contributed by atoms with Crippen LogP contribution >= 0.6 is 23.2 Å². The second-order valence-electron chi connectivity index (χ2n) is 6.83. The smallest absolute Gasteiger partial charge is 0.383 e. The fourth-order valence-electron chi connectivity index (χ4n) is 3.25. The summed E-state index contributed by atoms with van der Waals surface area (Å²) in [7, 11) is 0. The van der Waals surface area contributed by atoms with E-state index in [1.54, 1.807) is 30.5 Å². The Morgan fingerprint density at radius 3 is 2.35 bits per heavy atom. The summed E-state index contributed by atoms with van der Waals surface area (Å²) in [5, 5.41) is 4.67. The molecule has 2 aromatic carbocycles. The van der Waals surface area contributed by atoms with Gasteiger partial charge in [0.05, 0.1) is 10.0 Å². The lowest BCUT2D eigenvalue weighted by Crippen LogP contribution is -2.18. The van der Waals surface area contributed by atoms with E-state index in [1.165, 1.54) is 6.20 Å². The van der Waals surface area contributed by atoms with Crippen LogP contribution in [0.4, 0.5) is 19.0 Å². The summed E-state index contributed by atoms with van der Waals surface area (Å²) < 4.78 is 40.0. The summed E-state index contributed by atoms with van der Waals surface area (Å²) in [6, 6.07) is 16.1. The number of anilines is 1. The molecule has 0 saturated carbocycles. The fourth-order valence-corrected chi connectivity index (χ4v) is 3.65. The van der Waals surface area contributed by atoms with E-state index in [0.717, 1.165) is 15.8 Å². The van der Waals surface area contributed by atoms with Gasteiger partial charge in [0.25, 0.3) is 0 Å². The van der Waals surface area contributed by atoms with Crippen LogP contribution in [0.3, 0.4) is 0 Å². The van der Waals surface area contributed by atoms with Gasteiger partial charge in [-0.2, -0.15) is 18.3 Å². The van der Waals surface area contributed by atoms with Gasteiger partial charge in [-0.3, -0.25) is 4.68 Å². The van der Waals surface area contributed by atoms with Crippen molar-refractivity contribution in [3.05, 3.63) is 77.0 Å². The lowest BCUT2D eigenvalue weighted by Gasteiger charge is -2.10. The topological polar surface area (TPSA) is 56.7 Å². The summed E-state index contributed by atoms with van der Waals surface area (Å²) >= 11 is 12.5. The summed E-state index contributed by atoms with van der Waals surface area (Å²) in [6.07, 6.45) is -1.56. The normalized spacial score (nSPS) is 11.6. The molecule has 158 valence electrons. The number of hydrogen-bond acceptors (Lipinski definition) is 3. The third-order valence-corrected chi connectivity index (χ3v) is 5.44. The third-order valence-electron chi connectivity index (χ3n) is 4.63. The molecule has 0 saturated heterocycles. The number of nitrogens with zero attached hydrogens (tertiary/aromatic N) is 3. The number of halogens is 5. The number of nitrogen functional groups attached to an aromatic ring is 1. The van der Waals surface area contributed by atoms with Gasteiger partial charge in [0.1, 0.15) is 18.1 Å². The predicted octanol–water partition coefficient (Wildman–Crippen LogP) is 6.73. The fraction of sp³-hybridized carbons (Fsp3) is 0.0909. The van der Waals surface area contributed by atoms with Crippen LogP contribution in [0.25, 0.3) is 33.5 Å². The predicted molar refractivity (Wildman–Crippen MR) is 117 cm³/mol. The van der Waals surface area contributed by atoms with E-state index in [-0.39, 0.29) is 21.6 Å². The van der Waals surface area contributed by atoms with E-state index < -0.39 is 12.7 Å². The third kappa shape index (κ3) is 4.52. The average Bonchev–Trinajstić information content (AvgIpc) is 3.12. The van der Waals surface area contributed by atoms with Gasteiger partial charge >= 0.3 is 6.18 Å². The Morgan fingerprint density at radius 1 is 0.903 bits per heavy atom. The van der Waals surface area contributed by atoms with Crippen LogP contribution in [0.1, 0.15) is 0 Å². The Morgan fingerprint density at radius 2 is 1.65 bits per heavy atom. The highest BCUT2D eigenvalue weighted by Crippen LogP contribution is 2.40. The van der Waals surface area contributed by atoms with Gasteiger partial charge < -0.3 is 5.73 Å². The number of aromatic nitrogens is 3. The molecule has 4 aromatic rings. The Kier molecular flexibility index (Phi) is 5.64. The first-order chi connectivity index (χ1) is 14.7. The van der Waals surface area contributed by atoms with Crippen LogP contribution in [0.15, 0.2) is 67.0 Å². The highest BCUT2D eigenvalue weighted by molar-refractivity contribution is 6.43. The minimum Gasteiger partial charge on any atom is -0.383 e. The molecule has 31 heavy (non-hydrogen) atoms. The molecular weight excluding hydrogens is 448 g/mol. The van der Waals surface area contributed by atoms with Crippen molar-refractivity contribution in [1.82, 2.24) is 14.8 Å². The lowest BCUT2D eigenvalue weighted by molar-refractivity contribution is -0.142. The molecule has 0 fully saturated rings. The Labute approximate surface area is 186 Å². The van der Waals surface area contributed by atoms with Gasteiger partial charge in [-0.1, -0.05) is 65.7 Å². The summed E-state index contributed by atoms with van der Waals surface area (Å²) in [4.78, 5) is 4.24. The van der Waals surface area contributed by atoms with Crippen molar-refractivity contribution in [1.29, 1.82) is 0 Å². The molecule has 0 amide bonds. The zero-order valence-corrected chi connectivity index (χ0v) is 17.4. The van der Waals surface area contributed by atoms with Gasteiger partial charge in [-0.15, -0.1) is 0 Å². The number of nitrogens with two attached hydrogens (primary N) is 1. The largest absolute Gasteiger partial charge is 0.408 e. The number of benzene rings is 2. The van der Waals surface area contributed by atoms with Crippen LogP contribution in [0.2, 0.25) is 10.0 Å². The first-order valence-electron chi connectivity index (χ1n) is 9.13. The first-order valence-corrected chi connectivity index (χ1v) is 9.88. The molecule has 2 heterocycles. The molecule has 2 aromatic heterocycles. The maximum Gasteiger partial charge on any atom is 0.408 e. The zero-order chi connectivity index (χ0) is 22.2. The summed E-state index contributed by atoms with van der Waals surface area (Å²) in [6.45, 7) is -1.26. The molecule has 2 N–H and O–H groups in total. The molecule has 9 heteroatoms. The van der Waals surface area contributed by atoms with E-state index >= 15 is 0 Å². The molecule has 0 radical (unpaired) electrons. The summed E-state index contributed by atoms with van der Waals surface area (Å²) in [5.74, 6) is 0.136. The lowest BCUT2D eigenvalue weighted by atomic mass is 9.99. The van der Waals surface area contributed by atoms with Crippen molar-refractivity contribution >= 4 is 29.0 Å². The number of hydrogen-bond donors (Lipinski definition) is 1. The van der Waals surface area contributed by atoms with E-state index in [4.69, 9.17) is 28.9 Å². The van der Waals surface area contributed by atoms with E-state index in [2.05, 4.69) is 10.1 Å². The van der Waals surface area contributed by atoms with Gasteiger partial charge in [-0.05, 0) is 17.7 Å². The van der Waals surface area contributed by atoms with Gasteiger partial charge in [0.15, 0.2) is 0 Å². The Bertz CT molecular complexity index is 1240. The maximum atomic E-state index is 13.1. The zero-order valence-electron chi connectivity index (χ0n) is 15.9. The maximum absolute atomic E-state index is 13.1. The van der Waals surface area contributed by atoms with Gasteiger partial charge in [-0.25, -0.2) is 4.98 Å². The van der Waals surface area contributed by atoms with E-state index in [9.17, 15) is 13.2 Å². The minimum absolute atomic E-state index is 0.136. The van der Waals surface area contributed by atoms with Crippen LogP contribution < -0.4 is 5.73 Å². The highest BCUT2D eigenvalue weighted by atomic mass is 35.5. The van der Waals surface area contributed by atoms with Crippen molar-refractivity contribution in [2.24, 2.45) is 0 Å². The van der Waals surface area contributed by atoms with Crippen molar-refractivity contribution in [3.8, 4) is 33.5 Å². The monoisotopic (exact) mass is 462 g/mol. The highest BCUT2D eigenvalue weighted by Gasteiger charge is 2.30. The standard InChI is InChI=1S/C22H15Cl2F3N4/c23-18-8-4-7-15(19(18)24)17-11-31(12-22(25,26)27)30-20(17)16-9-14(10-29-21(16)28)13-5-2-1-3-6-13/h1-11H,12H2,(H2,28,29). The molecular formula is C22H15Cl2F3N4. The first kappa shape index (κ1) is 21.2. The van der Waals surface area contributed by atoms with Crippen LogP contribution in [-0.4, -0.2) is 20.9 Å². The van der Waals surface area contributed by atoms with Crippen molar-refractivity contribution in [2.75, 3.05) is 5.73 Å². The Balaban J connectivity index is 1.93. The molecule has 0 bridgehead atoms. The second kappa shape index (κ2) is 8.24. The van der Waals surface area contributed by atoms with Crippen LogP contribution in [-0.2, 0) is 6.54 Å². The average molecular weight is 463 g/mol. The van der Waals surface area contributed by atoms with Crippen LogP contribution in [0.5, 0.6) is 0 Å². The quantitative estimate of drug-likeness (QED) is 0.365. The van der Waals surface area contributed by atoms with Crippen molar-refractivity contribution in [2.45, 2.75) is 12.7 Å². The molecule has 0 spiro atoms. The molecule has 0 atom stereocenters. The molecule has 0 aliphatic rings. The Hall–Kier alpha value is -3.03.